The lowest BCUT2D eigenvalue weighted by molar-refractivity contribution is -0.117. The fraction of sp³-hybridized carbons (Fsp3) is 0.600. The summed E-state index contributed by atoms with van der Waals surface area (Å²) in [5.74, 6) is 1.71. The minimum Gasteiger partial charge on any atom is -0.384 e. The third kappa shape index (κ3) is 5.00. The summed E-state index contributed by atoms with van der Waals surface area (Å²) in [6.07, 6.45) is 8.73. The number of nitrogen functional groups attached to an aromatic ring is 1. The van der Waals surface area contributed by atoms with Crippen LogP contribution in [0.4, 0.5) is 11.5 Å². The summed E-state index contributed by atoms with van der Waals surface area (Å²) in [5, 5.41) is 2.88. The molecule has 1 saturated carbocycles. The predicted octanol–water partition coefficient (Wildman–Crippen LogP) is 3.63. The topological polar surface area (TPSA) is 68.0 Å². The molecule has 0 bridgehead atoms. The number of carbonyl (C=O) groups is 1. The Kier molecular flexibility index (Phi) is 6.79. The molecule has 1 atom stereocenters. The number of pyridine rings is 1. The molecule has 0 aromatic carbocycles. The standard InChI is InChI=1S/C15H23N3O.ClH/c1-11(12-5-3-2-4-6-12)9-15(19)18-13-7-8-14(16)17-10-13;/h7-8,10-12H,2-6,9H2,1H3,(H2,16,17)(H,18,19);1H. The summed E-state index contributed by atoms with van der Waals surface area (Å²) in [4.78, 5) is 15.9. The Hall–Kier alpha value is -1.29. The molecule has 1 fully saturated rings. The van der Waals surface area contributed by atoms with E-state index >= 15 is 0 Å². The molecule has 112 valence electrons. The Morgan fingerprint density at radius 2 is 2.10 bits per heavy atom. The highest BCUT2D eigenvalue weighted by Crippen LogP contribution is 2.31. The van der Waals surface area contributed by atoms with Gasteiger partial charge in [0, 0.05) is 6.42 Å². The van der Waals surface area contributed by atoms with E-state index in [0.29, 0.717) is 24.1 Å². The molecule has 2 rings (SSSR count). The minimum atomic E-state index is 0. The van der Waals surface area contributed by atoms with Gasteiger partial charge >= 0.3 is 0 Å². The van der Waals surface area contributed by atoms with E-state index in [0.717, 1.165) is 5.69 Å². The van der Waals surface area contributed by atoms with Gasteiger partial charge in [-0.2, -0.15) is 0 Å². The molecule has 0 saturated heterocycles. The average molecular weight is 298 g/mol. The Morgan fingerprint density at radius 3 is 2.70 bits per heavy atom. The van der Waals surface area contributed by atoms with Gasteiger partial charge < -0.3 is 11.1 Å². The highest BCUT2D eigenvalue weighted by molar-refractivity contribution is 5.90. The Labute approximate surface area is 126 Å². The SMILES string of the molecule is CC(CC(=O)Nc1ccc(N)nc1)C1CCCCC1.Cl. The second-order valence-electron chi connectivity index (χ2n) is 5.60. The Balaban J connectivity index is 0.00000200. The van der Waals surface area contributed by atoms with E-state index in [9.17, 15) is 4.79 Å². The van der Waals surface area contributed by atoms with Crippen LogP contribution in [-0.4, -0.2) is 10.9 Å². The summed E-state index contributed by atoms with van der Waals surface area (Å²) in [5.41, 5.74) is 6.23. The third-order valence-electron chi connectivity index (χ3n) is 4.03. The number of nitrogens with zero attached hydrogens (tertiary/aromatic N) is 1. The molecule has 1 aliphatic rings. The molecule has 0 aliphatic heterocycles. The third-order valence-corrected chi connectivity index (χ3v) is 4.03. The minimum absolute atomic E-state index is 0. The zero-order chi connectivity index (χ0) is 13.7. The molecule has 1 aromatic rings. The molecule has 20 heavy (non-hydrogen) atoms. The fourth-order valence-electron chi connectivity index (χ4n) is 2.85. The number of hydrogen-bond donors (Lipinski definition) is 2. The highest BCUT2D eigenvalue weighted by Gasteiger charge is 2.22. The number of carbonyl (C=O) groups excluding carboxylic acids is 1. The molecule has 0 radical (unpaired) electrons. The van der Waals surface area contributed by atoms with E-state index in [1.165, 1.54) is 32.1 Å². The first kappa shape index (κ1) is 16.8. The van der Waals surface area contributed by atoms with Crippen LogP contribution in [-0.2, 0) is 4.79 Å². The van der Waals surface area contributed by atoms with E-state index in [2.05, 4.69) is 17.2 Å². The first-order valence-electron chi connectivity index (χ1n) is 7.16. The van der Waals surface area contributed by atoms with Gasteiger partial charge in [-0.05, 0) is 24.0 Å². The molecule has 3 N–H and O–H groups in total. The van der Waals surface area contributed by atoms with Crippen LogP contribution < -0.4 is 11.1 Å². The van der Waals surface area contributed by atoms with Crippen molar-refractivity contribution in [3.8, 4) is 0 Å². The van der Waals surface area contributed by atoms with Crippen molar-refractivity contribution in [1.82, 2.24) is 4.98 Å². The molecule has 1 amide bonds. The molecular formula is C15H24ClN3O. The largest absolute Gasteiger partial charge is 0.384 e. The molecule has 1 unspecified atom stereocenters. The van der Waals surface area contributed by atoms with Gasteiger partial charge in [0.2, 0.25) is 5.91 Å². The van der Waals surface area contributed by atoms with Crippen LogP contribution in [0, 0.1) is 11.8 Å². The van der Waals surface area contributed by atoms with Crippen LogP contribution in [0.25, 0.3) is 0 Å². The number of aromatic nitrogens is 1. The lowest BCUT2D eigenvalue weighted by atomic mass is 9.79. The quantitative estimate of drug-likeness (QED) is 0.891. The summed E-state index contributed by atoms with van der Waals surface area (Å²) in [7, 11) is 0. The summed E-state index contributed by atoms with van der Waals surface area (Å²) in [6, 6.07) is 3.48. The van der Waals surface area contributed by atoms with Crippen molar-refractivity contribution in [3.63, 3.8) is 0 Å². The lowest BCUT2D eigenvalue weighted by Crippen LogP contribution is -2.22. The van der Waals surface area contributed by atoms with Crippen molar-refractivity contribution in [2.75, 3.05) is 11.1 Å². The van der Waals surface area contributed by atoms with Gasteiger partial charge in [0.05, 0.1) is 11.9 Å². The zero-order valence-corrected chi connectivity index (χ0v) is 12.8. The van der Waals surface area contributed by atoms with Crippen molar-refractivity contribution in [2.24, 2.45) is 11.8 Å². The Morgan fingerprint density at radius 1 is 1.40 bits per heavy atom. The van der Waals surface area contributed by atoms with Crippen LogP contribution in [0.15, 0.2) is 18.3 Å². The predicted molar refractivity (Wildman–Crippen MR) is 84.9 cm³/mol. The van der Waals surface area contributed by atoms with Gasteiger partial charge in [-0.3, -0.25) is 4.79 Å². The van der Waals surface area contributed by atoms with Crippen molar-refractivity contribution in [3.05, 3.63) is 18.3 Å². The monoisotopic (exact) mass is 297 g/mol. The lowest BCUT2D eigenvalue weighted by Gasteiger charge is -2.27. The van der Waals surface area contributed by atoms with Gasteiger partial charge in [-0.1, -0.05) is 39.0 Å². The van der Waals surface area contributed by atoms with Crippen LogP contribution in [0.5, 0.6) is 0 Å². The van der Waals surface area contributed by atoms with Gasteiger partial charge in [0.1, 0.15) is 5.82 Å². The summed E-state index contributed by atoms with van der Waals surface area (Å²) < 4.78 is 0. The maximum absolute atomic E-state index is 12.0. The van der Waals surface area contributed by atoms with E-state index in [1.54, 1.807) is 18.3 Å². The van der Waals surface area contributed by atoms with E-state index < -0.39 is 0 Å². The molecular weight excluding hydrogens is 274 g/mol. The Bertz CT molecular complexity index is 416. The van der Waals surface area contributed by atoms with Crippen molar-refractivity contribution in [2.45, 2.75) is 45.4 Å². The number of rotatable bonds is 4. The fourth-order valence-corrected chi connectivity index (χ4v) is 2.85. The first-order chi connectivity index (χ1) is 9.15. The van der Waals surface area contributed by atoms with E-state index in [-0.39, 0.29) is 18.3 Å². The van der Waals surface area contributed by atoms with Crippen molar-refractivity contribution in [1.29, 1.82) is 0 Å². The maximum Gasteiger partial charge on any atom is 0.224 e. The first-order valence-corrected chi connectivity index (χ1v) is 7.16. The second-order valence-corrected chi connectivity index (χ2v) is 5.60. The van der Waals surface area contributed by atoms with Gasteiger partial charge in [-0.25, -0.2) is 4.98 Å². The summed E-state index contributed by atoms with van der Waals surface area (Å²) >= 11 is 0. The molecule has 4 nitrogen and oxygen atoms in total. The summed E-state index contributed by atoms with van der Waals surface area (Å²) in [6.45, 7) is 2.19. The van der Waals surface area contributed by atoms with Crippen LogP contribution in [0.2, 0.25) is 0 Å². The number of amides is 1. The molecule has 1 aliphatic carbocycles. The zero-order valence-electron chi connectivity index (χ0n) is 12.0. The van der Waals surface area contributed by atoms with Gasteiger partial charge in [0.25, 0.3) is 0 Å². The van der Waals surface area contributed by atoms with E-state index in [1.807, 2.05) is 0 Å². The van der Waals surface area contributed by atoms with Crippen molar-refractivity contribution < 1.29 is 4.79 Å². The van der Waals surface area contributed by atoms with Gasteiger partial charge in [0.15, 0.2) is 0 Å². The smallest absolute Gasteiger partial charge is 0.224 e. The van der Waals surface area contributed by atoms with Crippen LogP contribution in [0.1, 0.15) is 45.4 Å². The maximum atomic E-state index is 12.0. The number of nitrogens with one attached hydrogen (secondary N) is 1. The van der Waals surface area contributed by atoms with Crippen LogP contribution >= 0.6 is 12.4 Å². The highest BCUT2D eigenvalue weighted by atomic mass is 35.5. The molecule has 0 spiro atoms. The molecule has 5 heteroatoms. The van der Waals surface area contributed by atoms with Gasteiger partial charge in [-0.15, -0.1) is 12.4 Å². The molecule has 1 aromatic heterocycles. The van der Waals surface area contributed by atoms with E-state index in [4.69, 9.17) is 5.73 Å². The second kappa shape index (κ2) is 8.10. The van der Waals surface area contributed by atoms with Crippen LogP contribution in [0.3, 0.4) is 0 Å². The number of anilines is 2. The molecule has 1 heterocycles. The normalized spacial score (nSPS) is 17.1. The number of halogens is 1. The van der Waals surface area contributed by atoms with Crippen molar-refractivity contribution >= 4 is 29.8 Å². The number of hydrogen-bond acceptors (Lipinski definition) is 3. The average Bonchev–Trinajstić information content (AvgIpc) is 2.42. The number of nitrogens with two attached hydrogens (primary N) is 1.